The van der Waals surface area contributed by atoms with Crippen molar-refractivity contribution in [2.45, 2.75) is 53.4 Å². The lowest BCUT2D eigenvalue weighted by molar-refractivity contribution is -0.127. The highest BCUT2D eigenvalue weighted by Gasteiger charge is 2.20. The number of halogens is 1. The van der Waals surface area contributed by atoms with E-state index >= 15 is 0 Å². The van der Waals surface area contributed by atoms with Crippen molar-refractivity contribution in [3.05, 3.63) is 153 Å². The Balaban J connectivity index is 0.937. The van der Waals surface area contributed by atoms with Crippen molar-refractivity contribution >= 4 is 23.6 Å². The van der Waals surface area contributed by atoms with E-state index in [1.54, 1.807) is 18.3 Å². The van der Waals surface area contributed by atoms with E-state index in [-0.39, 0.29) is 5.91 Å². The molecule has 0 aliphatic carbocycles. The molecular weight excluding hydrogens is 670 g/mol. The van der Waals surface area contributed by atoms with Crippen molar-refractivity contribution in [2.24, 2.45) is 0 Å². The van der Waals surface area contributed by atoms with Gasteiger partial charge in [-0.1, -0.05) is 91.7 Å². The molecule has 4 aromatic carbocycles. The molecule has 52 heavy (non-hydrogen) atoms. The van der Waals surface area contributed by atoms with Crippen LogP contribution in [-0.4, -0.2) is 46.9 Å². The minimum absolute atomic E-state index is 0.00687. The molecule has 0 spiro atoms. The third-order valence-corrected chi connectivity index (χ3v) is 9.54. The van der Waals surface area contributed by atoms with Crippen LogP contribution in [0.25, 0.3) is 6.08 Å². The summed E-state index contributed by atoms with van der Waals surface area (Å²) in [5, 5.41) is 0.435. The highest BCUT2D eigenvalue weighted by Crippen LogP contribution is 2.32. The summed E-state index contributed by atoms with van der Waals surface area (Å²) < 4.78 is 17.8. The summed E-state index contributed by atoms with van der Waals surface area (Å²) in [6, 6.07) is 32.4. The number of aromatic nitrogens is 1. The summed E-state index contributed by atoms with van der Waals surface area (Å²) in [6.45, 7) is 13.3. The van der Waals surface area contributed by atoms with Gasteiger partial charge in [0.25, 0.3) is 0 Å². The third kappa shape index (κ3) is 10.2. The van der Waals surface area contributed by atoms with Gasteiger partial charge >= 0.3 is 0 Å². The number of nitrogens with zero attached hydrogens (tertiary/aromatic N) is 3. The van der Waals surface area contributed by atoms with Gasteiger partial charge in [0.15, 0.2) is 0 Å². The number of aryl methyl sites for hydroxylation is 2. The molecule has 1 aliphatic heterocycles. The molecule has 0 radical (unpaired) electrons. The Hall–Kier alpha value is -5.11. The molecule has 1 fully saturated rings. The lowest BCUT2D eigenvalue weighted by Crippen LogP contribution is -2.47. The van der Waals surface area contributed by atoms with Gasteiger partial charge in [0.1, 0.15) is 30.5 Å². The first-order valence-electron chi connectivity index (χ1n) is 17.8. The maximum atomic E-state index is 13.1. The van der Waals surface area contributed by atoms with Crippen molar-refractivity contribution in [3.8, 4) is 23.1 Å². The molecule has 6 rings (SSSR count). The Kier molecular flexibility index (Phi) is 12.3. The Labute approximate surface area is 312 Å². The van der Waals surface area contributed by atoms with Crippen LogP contribution in [-0.2, 0) is 24.6 Å². The molecule has 2 heterocycles. The SMILES string of the molecule is Cc1ccc(COc2ccc(Oc3cc(C)c(/C=C/C(=O)N4CCN(Cc5ccc(COc6ccc(C(C)C)cc6)cc5)CC4)cc3Cl)nc2)cc1. The Morgan fingerprint density at radius 2 is 1.40 bits per heavy atom. The Bertz CT molecular complexity index is 1950. The average molecular weight is 716 g/mol. The van der Waals surface area contributed by atoms with E-state index in [0.29, 0.717) is 54.6 Å². The van der Waals surface area contributed by atoms with Gasteiger partial charge < -0.3 is 19.1 Å². The van der Waals surface area contributed by atoms with Gasteiger partial charge in [0.05, 0.1) is 11.2 Å². The molecule has 0 unspecified atom stereocenters. The van der Waals surface area contributed by atoms with E-state index in [1.807, 2.05) is 60.4 Å². The van der Waals surface area contributed by atoms with E-state index in [9.17, 15) is 4.79 Å². The van der Waals surface area contributed by atoms with Crippen LogP contribution in [0.2, 0.25) is 5.02 Å². The normalized spacial score (nSPS) is 13.5. The number of carbonyl (C=O) groups excluding carboxylic acids is 1. The summed E-state index contributed by atoms with van der Waals surface area (Å²) >= 11 is 6.60. The summed E-state index contributed by atoms with van der Waals surface area (Å²) in [4.78, 5) is 21.8. The number of pyridine rings is 1. The van der Waals surface area contributed by atoms with Gasteiger partial charge in [-0.25, -0.2) is 4.98 Å². The Morgan fingerprint density at radius 3 is 2.04 bits per heavy atom. The number of amides is 1. The molecule has 0 atom stereocenters. The van der Waals surface area contributed by atoms with Gasteiger partial charge in [-0.15, -0.1) is 0 Å². The van der Waals surface area contributed by atoms with Gasteiger partial charge in [-0.3, -0.25) is 9.69 Å². The van der Waals surface area contributed by atoms with Gasteiger partial charge in [0, 0.05) is 44.9 Å². The molecule has 0 saturated carbocycles. The fourth-order valence-electron chi connectivity index (χ4n) is 5.91. The standard InChI is InChI=1S/C44H46ClN3O4/c1-31(2)37-13-16-39(17-14-37)50-29-36-11-9-34(10-12-36)28-47-21-23-48(24-22-47)44(49)20-15-38-26-41(45)42(25-33(38)4)52-43-19-18-40(27-46-43)51-30-35-7-5-32(3)6-8-35/h5-20,25-27,31H,21-24,28-30H2,1-4H3/b20-15+. The van der Waals surface area contributed by atoms with Crippen LogP contribution in [0.1, 0.15) is 58.7 Å². The second kappa shape index (κ2) is 17.4. The molecule has 1 aromatic heterocycles. The maximum Gasteiger partial charge on any atom is 0.246 e. The smallest absolute Gasteiger partial charge is 0.246 e. The molecule has 0 bridgehead atoms. The van der Waals surface area contributed by atoms with Gasteiger partial charge in [0.2, 0.25) is 11.8 Å². The number of hydrogen-bond donors (Lipinski definition) is 0. The third-order valence-electron chi connectivity index (χ3n) is 9.24. The molecule has 5 aromatic rings. The predicted octanol–water partition coefficient (Wildman–Crippen LogP) is 9.78. The van der Waals surface area contributed by atoms with E-state index in [2.05, 4.69) is 79.2 Å². The molecule has 1 saturated heterocycles. The minimum Gasteiger partial charge on any atom is -0.489 e. The average Bonchev–Trinajstić information content (AvgIpc) is 3.16. The zero-order valence-electron chi connectivity index (χ0n) is 30.3. The van der Waals surface area contributed by atoms with Crippen LogP contribution >= 0.6 is 11.6 Å². The molecule has 8 heteroatoms. The zero-order chi connectivity index (χ0) is 36.5. The largest absolute Gasteiger partial charge is 0.489 e. The molecule has 0 N–H and O–H groups in total. The number of piperazine rings is 1. The topological polar surface area (TPSA) is 64.1 Å². The van der Waals surface area contributed by atoms with Crippen molar-refractivity contribution < 1.29 is 19.0 Å². The number of hydrogen-bond acceptors (Lipinski definition) is 6. The van der Waals surface area contributed by atoms with E-state index in [1.165, 1.54) is 16.7 Å². The molecule has 1 amide bonds. The zero-order valence-corrected chi connectivity index (χ0v) is 31.1. The van der Waals surface area contributed by atoms with E-state index in [4.69, 9.17) is 25.8 Å². The predicted molar refractivity (Wildman–Crippen MR) is 208 cm³/mol. The monoisotopic (exact) mass is 715 g/mol. The quantitative estimate of drug-likeness (QED) is 0.113. The summed E-state index contributed by atoms with van der Waals surface area (Å²) in [5.74, 6) is 2.94. The second-order valence-corrected chi connectivity index (χ2v) is 14.0. The van der Waals surface area contributed by atoms with E-state index < -0.39 is 0 Å². The molecule has 7 nitrogen and oxygen atoms in total. The first-order chi connectivity index (χ1) is 25.2. The highest BCUT2D eigenvalue weighted by atomic mass is 35.5. The van der Waals surface area contributed by atoms with Crippen LogP contribution in [0.3, 0.4) is 0 Å². The fraction of sp³-hybridized carbons (Fsp3) is 0.273. The van der Waals surface area contributed by atoms with Crippen LogP contribution in [0.4, 0.5) is 0 Å². The number of carbonyl (C=O) groups is 1. The summed E-state index contributed by atoms with van der Waals surface area (Å²) in [7, 11) is 0. The maximum absolute atomic E-state index is 13.1. The lowest BCUT2D eigenvalue weighted by Gasteiger charge is -2.34. The molecule has 268 valence electrons. The number of benzene rings is 4. The second-order valence-electron chi connectivity index (χ2n) is 13.6. The van der Waals surface area contributed by atoms with Gasteiger partial charge in [-0.05, 0) is 89.6 Å². The fourth-order valence-corrected chi connectivity index (χ4v) is 6.12. The molecular formula is C44H46ClN3O4. The van der Waals surface area contributed by atoms with Crippen molar-refractivity contribution in [3.63, 3.8) is 0 Å². The van der Waals surface area contributed by atoms with Crippen molar-refractivity contribution in [2.75, 3.05) is 26.2 Å². The first kappa shape index (κ1) is 36.7. The Morgan fingerprint density at radius 1 is 0.788 bits per heavy atom. The van der Waals surface area contributed by atoms with Crippen LogP contribution in [0, 0.1) is 13.8 Å². The molecule has 1 aliphatic rings. The van der Waals surface area contributed by atoms with Gasteiger partial charge in [-0.2, -0.15) is 0 Å². The summed E-state index contributed by atoms with van der Waals surface area (Å²) in [6.07, 6.45) is 5.09. The number of rotatable bonds is 13. The van der Waals surface area contributed by atoms with Crippen LogP contribution in [0.15, 0.2) is 109 Å². The minimum atomic E-state index is -0.00687. The van der Waals surface area contributed by atoms with Crippen LogP contribution in [0.5, 0.6) is 23.1 Å². The highest BCUT2D eigenvalue weighted by molar-refractivity contribution is 6.32. The van der Waals surface area contributed by atoms with E-state index in [0.717, 1.165) is 47.6 Å². The first-order valence-corrected chi connectivity index (χ1v) is 18.2. The van der Waals surface area contributed by atoms with Crippen molar-refractivity contribution in [1.82, 2.24) is 14.8 Å². The van der Waals surface area contributed by atoms with Crippen molar-refractivity contribution in [1.29, 1.82) is 0 Å². The van der Waals surface area contributed by atoms with Crippen LogP contribution < -0.4 is 14.2 Å². The number of ether oxygens (including phenoxy) is 3. The lowest BCUT2D eigenvalue weighted by atomic mass is 10.0. The summed E-state index contributed by atoms with van der Waals surface area (Å²) in [5.41, 5.74) is 7.79.